The van der Waals surface area contributed by atoms with Crippen molar-refractivity contribution >= 4 is 17.5 Å². The number of nitrogens with zero attached hydrogens (tertiary/aromatic N) is 3. The van der Waals surface area contributed by atoms with Crippen LogP contribution >= 0.6 is 11.6 Å². The summed E-state index contributed by atoms with van der Waals surface area (Å²) in [6.45, 7) is 0.264. The Morgan fingerprint density at radius 3 is 2.89 bits per heavy atom. The molecule has 2 rings (SSSR count). The van der Waals surface area contributed by atoms with E-state index in [0.29, 0.717) is 22.2 Å². The molecule has 19 heavy (non-hydrogen) atoms. The highest BCUT2D eigenvalue weighted by molar-refractivity contribution is 6.29. The van der Waals surface area contributed by atoms with Crippen molar-refractivity contribution in [3.63, 3.8) is 0 Å². The van der Waals surface area contributed by atoms with Crippen molar-refractivity contribution in [1.29, 1.82) is 0 Å². The molecule has 0 fully saturated rings. The number of hydrogen-bond acceptors (Lipinski definition) is 5. The number of halogens is 1. The standard InChI is InChI=1S/C12H11ClN4O2/c1-19-10-4-8(5-14-7-10)12(18)15-6-9-2-3-11(13)17-16-9/h2-5,7H,6H2,1H3,(H,15,18). The molecule has 0 aliphatic rings. The van der Waals surface area contributed by atoms with E-state index in [1.165, 1.54) is 19.5 Å². The number of aromatic nitrogens is 3. The lowest BCUT2D eigenvalue weighted by molar-refractivity contribution is 0.0949. The van der Waals surface area contributed by atoms with Crippen LogP contribution in [0.5, 0.6) is 5.75 Å². The molecule has 0 aromatic carbocycles. The molecular formula is C12H11ClN4O2. The molecule has 2 aromatic rings. The van der Waals surface area contributed by atoms with E-state index in [1.807, 2.05) is 0 Å². The quantitative estimate of drug-likeness (QED) is 0.916. The van der Waals surface area contributed by atoms with Gasteiger partial charge in [0.2, 0.25) is 0 Å². The predicted molar refractivity (Wildman–Crippen MR) is 69.0 cm³/mol. The normalized spacial score (nSPS) is 10.0. The predicted octanol–water partition coefficient (Wildman–Crippen LogP) is 1.46. The van der Waals surface area contributed by atoms with E-state index in [2.05, 4.69) is 20.5 Å². The van der Waals surface area contributed by atoms with Gasteiger partial charge in [-0.3, -0.25) is 9.78 Å². The number of pyridine rings is 1. The summed E-state index contributed by atoms with van der Waals surface area (Å²) in [4.78, 5) is 15.8. The van der Waals surface area contributed by atoms with Gasteiger partial charge in [0.1, 0.15) is 5.75 Å². The largest absolute Gasteiger partial charge is 0.495 e. The molecule has 6 nitrogen and oxygen atoms in total. The SMILES string of the molecule is COc1cncc(C(=O)NCc2ccc(Cl)nn2)c1. The molecule has 1 amide bonds. The maximum Gasteiger partial charge on any atom is 0.253 e. The summed E-state index contributed by atoms with van der Waals surface area (Å²) in [6, 6.07) is 4.92. The third kappa shape index (κ3) is 3.62. The molecule has 0 saturated heterocycles. The molecule has 0 aliphatic carbocycles. The summed E-state index contributed by atoms with van der Waals surface area (Å²) >= 11 is 5.62. The van der Waals surface area contributed by atoms with Crippen LogP contribution in [0.2, 0.25) is 5.15 Å². The van der Waals surface area contributed by atoms with Crippen molar-refractivity contribution < 1.29 is 9.53 Å². The van der Waals surface area contributed by atoms with Crippen molar-refractivity contribution in [2.24, 2.45) is 0 Å². The number of amides is 1. The van der Waals surface area contributed by atoms with Crippen molar-refractivity contribution in [2.45, 2.75) is 6.54 Å². The zero-order valence-electron chi connectivity index (χ0n) is 10.1. The number of carbonyl (C=O) groups is 1. The summed E-state index contributed by atoms with van der Waals surface area (Å²) < 4.78 is 5.00. The first-order valence-corrected chi connectivity index (χ1v) is 5.82. The van der Waals surface area contributed by atoms with Gasteiger partial charge in [0.05, 0.1) is 31.1 Å². The minimum absolute atomic E-state index is 0.261. The van der Waals surface area contributed by atoms with Crippen molar-refractivity contribution in [1.82, 2.24) is 20.5 Å². The van der Waals surface area contributed by atoms with Crippen LogP contribution in [0.15, 0.2) is 30.6 Å². The van der Waals surface area contributed by atoms with Gasteiger partial charge in [0.15, 0.2) is 5.15 Å². The first-order valence-electron chi connectivity index (χ1n) is 5.44. The molecule has 0 saturated carbocycles. The average molecular weight is 279 g/mol. The second-order valence-corrected chi connectivity index (χ2v) is 4.03. The zero-order chi connectivity index (χ0) is 13.7. The Kier molecular flexibility index (Phi) is 4.25. The lowest BCUT2D eigenvalue weighted by atomic mass is 10.2. The van der Waals surface area contributed by atoms with Crippen LogP contribution < -0.4 is 10.1 Å². The van der Waals surface area contributed by atoms with Crippen LogP contribution in [0.1, 0.15) is 16.1 Å². The average Bonchev–Trinajstić information content (AvgIpc) is 2.46. The fourth-order valence-electron chi connectivity index (χ4n) is 1.37. The highest BCUT2D eigenvalue weighted by Crippen LogP contribution is 2.10. The van der Waals surface area contributed by atoms with Gasteiger partial charge in [-0.15, -0.1) is 5.10 Å². The number of ether oxygens (including phenoxy) is 1. The Labute approximate surface area is 114 Å². The molecule has 0 atom stereocenters. The molecule has 0 bridgehead atoms. The molecule has 0 radical (unpaired) electrons. The van der Waals surface area contributed by atoms with Gasteiger partial charge in [0.25, 0.3) is 5.91 Å². The summed E-state index contributed by atoms with van der Waals surface area (Å²) in [5.41, 5.74) is 1.04. The number of methoxy groups -OCH3 is 1. The van der Waals surface area contributed by atoms with Crippen molar-refractivity contribution in [3.05, 3.63) is 47.0 Å². The van der Waals surface area contributed by atoms with Gasteiger partial charge in [-0.05, 0) is 18.2 Å². The van der Waals surface area contributed by atoms with E-state index >= 15 is 0 Å². The Balaban J connectivity index is 1.99. The summed E-state index contributed by atoms with van der Waals surface area (Å²) in [5, 5.41) is 10.5. The van der Waals surface area contributed by atoms with Crippen LogP contribution in [0.3, 0.4) is 0 Å². The molecule has 98 valence electrons. The molecule has 0 aliphatic heterocycles. The van der Waals surface area contributed by atoms with Crippen LogP contribution in [0.4, 0.5) is 0 Å². The topological polar surface area (TPSA) is 77.0 Å². The van der Waals surface area contributed by atoms with Crippen molar-refractivity contribution in [2.75, 3.05) is 7.11 Å². The Hall–Kier alpha value is -2.21. The number of nitrogens with one attached hydrogen (secondary N) is 1. The van der Waals surface area contributed by atoms with Crippen LogP contribution in [0.25, 0.3) is 0 Å². The van der Waals surface area contributed by atoms with E-state index in [-0.39, 0.29) is 12.5 Å². The van der Waals surface area contributed by atoms with E-state index in [0.717, 1.165) is 0 Å². The lowest BCUT2D eigenvalue weighted by Gasteiger charge is -2.05. The third-order valence-electron chi connectivity index (χ3n) is 2.33. The molecule has 7 heteroatoms. The summed E-state index contributed by atoms with van der Waals surface area (Å²) in [5.74, 6) is 0.266. The fourth-order valence-corrected chi connectivity index (χ4v) is 1.47. The second kappa shape index (κ2) is 6.10. The maximum atomic E-state index is 11.9. The van der Waals surface area contributed by atoms with Gasteiger partial charge < -0.3 is 10.1 Å². The molecule has 2 heterocycles. The molecular weight excluding hydrogens is 268 g/mol. The zero-order valence-corrected chi connectivity index (χ0v) is 10.9. The van der Waals surface area contributed by atoms with Gasteiger partial charge in [-0.1, -0.05) is 11.6 Å². The summed E-state index contributed by atoms with van der Waals surface area (Å²) in [7, 11) is 1.52. The highest BCUT2D eigenvalue weighted by Gasteiger charge is 2.07. The smallest absolute Gasteiger partial charge is 0.253 e. The van der Waals surface area contributed by atoms with Gasteiger partial charge in [-0.25, -0.2) is 0 Å². The first kappa shape index (κ1) is 13.2. The monoisotopic (exact) mass is 278 g/mol. The van der Waals surface area contributed by atoms with Crippen molar-refractivity contribution in [3.8, 4) is 5.75 Å². The minimum atomic E-state index is -0.261. The number of hydrogen-bond donors (Lipinski definition) is 1. The third-order valence-corrected chi connectivity index (χ3v) is 2.53. The lowest BCUT2D eigenvalue weighted by Crippen LogP contribution is -2.23. The van der Waals surface area contributed by atoms with E-state index in [4.69, 9.17) is 16.3 Å². The minimum Gasteiger partial charge on any atom is -0.495 e. The highest BCUT2D eigenvalue weighted by atomic mass is 35.5. The number of carbonyl (C=O) groups excluding carboxylic acids is 1. The van der Waals surface area contributed by atoms with Crippen LogP contribution in [0, 0.1) is 0 Å². The van der Waals surface area contributed by atoms with E-state index in [1.54, 1.807) is 18.2 Å². The Morgan fingerprint density at radius 1 is 1.37 bits per heavy atom. The molecule has 2 aromatic heterocycles. The van der Waals surface area contributed by atoms with E-state index < -0.39 is 0 Å². The Morgan fingerprint density at radius 2 is 2.21 bits per heavy atom. The summed E-state index contributed by atoms with van der Waals surface area (Å²) in [6.07, 6.45) is 2.99. The van der Waals surface area contributed by atoms with Crippen LogP contribution in [-0.4, -0.2) is 28.2 Å². The molecule has 0 unspecified atom stereocenters. The number of rotatable bonds is 4. The second-order valence-electron chi connectivity index (χ2n) is 3.64. The fraction of sp³-hybridized carbons (Fsp3) is 0.167. The first-order chi connectivity index (χ1) is 9.19. The maximum absolute atomic E-state index is 11.9. The van der Waals surface area contributed by atoms with Gasteiger partial charge in [-0.2, -0.15) is 5.10 Å². The van der Waals surface area contributed by atoms with Crippen LogP contribution in [-0.2, 0) is 6.54 Å². The molecule has 1 N–H and O–H groups in total. The van der Waals surface area contributed by atoms with E-state index in [9.17, 15) is 4.79 Å². The Bertz CT molecular complexity index is 574. The van der Waals surface area contributed by atoms with Gasteiger partial charge >= 0.3 is 0 Å². The molecule has 0 spiro atoms. The van der Waals surface area contributed by atoms with Gasteiger partial charge in [0, 0.05) is 6.20 Å².